The normalized spacial score (nSPS) is 15.3. The van der Waals surface area contributed by atoms with Crippen molar-refractivity contribution in [3.63, 3.8) is 0 Å². The molecule has 2 aromatic heterocycles. The topological polar surface area (TPSA) is 38.7 Å². The van der Waals surface area contributed by atoms with E-state index in [4.69, 9.17) is 15.0 Å². The highest BCUT2D eigenvalue weighted by Crippen LogP contribution is 2.66. The Bertz CT molecular complexity index is 2840. The van der Waals surface area contributed by atoms with Gasteiger partial charge in [-0.05, 0) is 56.3 Å². The van der Waals surface area contributed by atoms with Crippen LogP contribution in [0.2, 0.25) is 0 Å². The molecule has 0 radical (unpaired) electrons. The highest BCUT2D eigenvalue weighted by atomic mass is 32.1. The van der Waals surface area contributed by atoms with Crippen molar-refractivity contribution >= 4 is 32.2 Å². The zero-order valence-electron chi connectivity index (χ0n) is 26.8. The first-order chi connectivity index (χ1) is 24.8. The first-order valence-electron chi connectivity index (χ1n) is 17.0. The fourth-order valence-corrected chi connectivity index (χ4v) is 9.90. The van der Waals surface area contributed by atoms with Crippen molar-refractivity contribution in [3.05, 3.63) is 185 Å². The number of rotatable bonds is 3. The van der Waals surface area contributed by atoms with E-state index in [1.165, 1.54) is 59.3 Å². The van der Waals surface area contributed by atoms with E-state index >= 15 is 0 Å². The van der Waals surface area contributed by atoms with Crippen LogP contribution in [0.1, 0.15) is 21.6 Å². The summed E-state index contributed by atoms with van der Waals surface area (Å²) in [7, 11) is 0. The predicted octanol–water partition coefficient (Wildman–Crippen LogP) is 11.6. The fraction of sp³-hybridized carbons (Fsp3) is 0.0217. The molecule has 9 aromatic rings. The van der Waals surface area contributed by atoms with Crippen LogP contribution in [0.15, 0.2) is 164 Å². The van der Waals surface area contributed by atoms with Crippen molar-refractivity contribution in [2.24, 2.45) is 0 Å². The lowest BCUT2D eigenvalue weighted by Crippen LogP contribution is -2.24. The van der Waals surface area contributed by atoms with Crippen LogP contribution in [0.25, 0.3) is 77.3 Å². The minimum absolute atomic E-state index is 0.436. The smallest absolute Gasteiger partial charge is 0.164 e. The van der Waals surface area contributed by atoms with E-state index < -0.39 is 5.41 Å². The summed E-state index contributed by atoms with van der Waals surface area (Å²) in [6.07, 6.45) is 0. The average Bonchev–Trinajstić information content (AvgIpc) is 3.82. The lowest BCUT2D eigenvalue weighted by Gasteiger charge is -2.29. The van der Waals surface area contributed by atoms with E-state index in [1.807, 2.05) is 29.5 Å². The molecule has 0 aliphatic heterocycles. The van der Waals surface area contributed by atoms with Gasteiger partial charge >= 0.3 is 0 Å². The van der Waals surface area contributed by atoms with Crippen LogP contribution in [0.5, 0.6) is 0 Å². The summed E-state index contributed by atoms with van der Waals surface area (Å²) in [5, 5.41) is 3.67. The third-order valence-electron chi connectivity index (χ3n) is 10.5. The fourth-order valence-electron chi connectivity index (χ4n) is 8.45. The quantitative estimate of drug-likeness (QED) is 0.190. The highest BCUT2D eigenvalue weighted by Gasteiger charge is 2.53. The summed E-state index contributed by atoms with van der Waals surface area (Å²) < 4.78 is 1.32. The van der Waals surface area contributed by atoms with Crippen LogP contribution in [0.4, 0.5) is 0 Å². The van der Waals surface area contributed by atoms with E-state index in [-0.39, 0.29) is 0 Å². The molecule has 2 aliphatic rings. The summed E-state index contributed by atoms with van der Waals surface area (Å²) >= 11 is 1.93. The maximum Gasteiger partial charge on any atom is 0.164 e. The summed E-state index contributed by atoms with van der Waals surface area (Å²) in [5.41, 5.74) is 11.5. The molecule has 1 spiro atoms. The Labute approximate surface area is 293 Å². The highest BCUT2D eigenvalue weighted by molar-refractivity contribution is 7.20. The zero-order valence-corrected chi connectivity index (χ0v) is 27.7. The molecule has 0 saturated heterocycles. The van der Waals surface area contributed by atoms with Crippen molar-refractivity contribution in [3.8, 4) is 56.4 Å². The number of hydrogen-bond acceptors (Lipinski definition) is 4. The second-order valence-corrected chi connectivity index (χ2v) is 14.2. The Hall–Kier alpha value is -6.23. The van der Waals surface area contributed by atoms with Gasteiger partial charge in [0.1, 0.15) is 0 Å². The lowest BCUT2D eigenvalue weighted by atomic mass is 9.74. The number of aromatic nitrogens is 3. The molecule has 2 heterocycles. The van der Waals surface area contributed by atoms with E-state index in [1.54, 1.807) is 0 Å². The van der Waals surface area contributed by atoms with Crippen molar-refractivity contribution in [1.29, 1.82) is 0 Å². The molecule has 11 rings (SSSR count). The van der Waals surface area contributed by atoms with E-state index in [0.717, 1.165) is 22.1 Å². The summed E-state index contributed by atoms with van der Waals surface area (Å²) in [6, 6.07) is 58.7. The van der Waals surface area contributed by atoms with Crippen LogP contribution in [0.3, 0.4) is 0 Å². The molecule has 0 amide bonds. The molecular formula is C46H27N3S. The second kappa shape index (κ2) is 10.4. The lowest BCUT2D eigenvalue weighted by molar-refractivity contribution is 0.811. The van der Waals surface area contributed by atoms with Crippen LogP contribution in [-0.4, -0.2) is 15.0 Å². The SMILES string of the molecule is c1ccc(-c2nc(-c3ccc4ccccc4c3)nc(-c3cccc4c3-c3ccccc3C43c4ccccc4-c4c3sc3ccccc43)n2)cc1. The molecule has 1 atom stereocenters. The average molecular weight is 654 g/mol. The Morgan fingerprint density at radius 3 is 1.82 bits per heavy atom. The van der Waals surface area contributed by atoms with Gasteiger partial charge in [0.05, 0.1) is 5.41 Å². The molecule has 1 unspecified atom stereocenters. The largest absolute Gasteiger partial charge is 0.208 e. The van der Waals surface area contributed by atoms with Gasteiger partial charge < -0.3 is 0 Å². The molecule has 7 aromatic carbocycles. The number of fused-ring (bicyclic) bond motifs is 13. The molecule has 4 heteroatoms. The van der Waals surface area contributed by atoms with Crippen LogP contribution >= 0.6 is 11.3 Å². The van der Waals surface area contributed by atoms with Crippen LogP contribution in [0, 0.1) is 0 Å². The third kappa shape index (κ3) is 3.71. The number of hydrogen-bond donors (Lipinski definition) is 0. The number of benzene rings is 7. The van der Waals surface area contributed by atoms with Gasteiger partial charge in [-0.15, -0.1) is 11.3 Å². The van der Waals surface area contributed by atoms with Gasteiger partial charge in [-0.25, -0.2) is 15.0 Å². The molecule has 2 aliphatic carbocycles. The first-order valence-corrected chi connectivity index (χ1v) is 17.8. The predicted molar refractivity (Wildman–Crippen MR) is 205 cm³/mol. The van der Waals surface area contributed by atoms with Crippen molar-refractivity contribution < 1.29 is 0 Å². The van der Waals surface area contributed by atoms with Gasteiger partial charge in [0.25, 0.3) is 0 Å². The molecule has 0 bridgehead atoms. The monoisotopic (exact) mass is 653 g/mol. The Balaban J connectivity index is 1.21. The molecule has 232 valence electrons. The van der Waals surface area contributed by atoms with E-state index in [0.29, 0.717) is 17.5 Å². The van der Waals surface area contributed by atoms with E-state index in [2.05, 4.69) is 146 Å². The first kappa shape index (κ1) is 27.7. The van der Waals surface area contributed by atoms with Crippen molar-refractivity contribution in [2.75, 3.05) is 0 Å². The Morgan fingerprint density at radius 2 is 1.00 bits per heavy atom. The summed E-state index contributed by atoms with van der Waals surface area (Å²) in [5.74, 6) is 2.00. The molecule has 50 heavy (non-hydrogen) atoms. The Kier molecular flexibility index (Phi) is 5.75. The third-order valence-corrected chi connectivity index (χ3v) is 11.8. The van der Waals surface area contributed by atoms with Crippen molar-refractivity contribution in [1.82, 2.24) is 15.0 Å². The minimum Gasteiger partial charge on any atom is -0.208 e. The molecule has 3 nitrogen and oxygen atoms in total. The number of thiophene rings is 1. The van der Waals surface area contributed by atoms with Crippen molar-refractivity contribution in [2.45, 2.75) is 5.41 Å². The summed E-state index contributed by atoms with van der Waals surface area (Å²) in [4.78, 5) is 17.0. The van der Waals surface area contributed by atoms with Gasteiger partial charge in [-0.3, -0.25) is 0 Å². The Morgan fingerprint density at radius 1 is 0.400 bits per heavy atom. The van der Waals surface area contributed by atoms with Gasteiger partial charge in [0, 0.05) is 37.2 Å². The molecule has 0 saturated carbocycles. The van der Waals surface area contributed by atoms with E-state index in [9.17, 15) is 0 Å². The molecule has 0 fully saturated rings. The number of nitrogens with zero attached hydrogens (tertiary/aromatic N) is 3. The molecular weight excluding hydrogens is 627 g/mol. The van der Waals surface area contributed by atoms with Gasteiger partial charge in [0.2, 0.25) is 0 Å². The van der Waals surface area contributed by atoms with Gasteiger partial charge in [-0.2, -0.15) is 0 Å². The van der Waals surface area contributed by atoms with Gasteiger partial charge in [-0.1, -0.05) is 152 Å². The summed E-state index contributed by atoms with van der Waals surface area (Å²) in [6.45, 7) is 0. The standard InChI is InChI=1S/C46H27N3S/c1-2-14-29(15-3-1)43-47-44(31-26-25-28-13-4-5-16-30(28)27-31)49-45(48-43)35-20-12-23-38-40(35)32-17-6-9-21-36(32)46(38)37-22-10-7-18-33(37)41-34-19-8-11-24-39(34)50-42(41)46/h1-27H. The maximum absolute atomic E-state index is 5.28. The zero-order chi connectivity index (χ0) is 32.8. The van der Waals surface area contributed by atoms with Crippen LogP contribution in [-0.2, 0) is 5.41 Å². The van der Waals surface area contributed by atoms with Crippen LogP contribution < -0.4 is 0 Å². The van der Waals surface area contributed by atoms with Gasteiger partial charge in [0.15, 0.2) is 17.5 Å². The minimum atomic E-state index is -0.436. The maximum atomic E-state index is 5.28. The molecule has 0 N–H and O–H groups in total. The second-order valence-electron chi connectivity index (χ2n) is 13.1.